The van der Waals surface area contributed by atoms with E-state index < -0.39 is 52.6 Å². The molecule has 18 nitrogen and oxygen atoms in total. The van der Waals surface area contributed by atoms with Crippen molar-refractivity contribution < 1.29 is 57.2 Å². The van der Waals surface area contributed by atoms with E-state index in [0.29, 0.717) is 80.3 Å². The molecule has 1 saturated carbocycles. The number of β-amino-alcohol motifs (C(OH)–C–C–N with tert-alkyl or cyclic N) is 1. The number of aliphatic hydroxyl groups excluding tert-OH is 1. The van der Waals surface area contributed by atoms with Crippen LogP contribution in [0.15, 0.2) is 72.4 Å². The second-order valence-electron chi connectivity index (χ2n) is 19.0. The highest BCUT2D eigenvalue weighted by molar-refractivity contribution is 7.13. The molecule has 0 radical (unpaired) electrons. The minimum atomic E-state index is -1.25. The van der Waals surface area contributed by atoms with Gasteiger partial charge in [-0.2, -0.15) is 0 Å². The predicted molar refractivity (Wildman–Crippen MR) is 267 cm³/mol. The number of aryl methyl sites for hydroxylation is 1. The fourth-order valence-corrected chi connectivity index (χ4v) is 9.03. The molecule has 3 aromatic carbocycles. The number of pyridine rings is 1. The molecule has 0 spiro atoms. The van der Waals surface area contributed by atoms with Crippen molar-refractivity contribution in [3.8, 4) is 33.4 Å². The number of anilines is 1. The van der Waals surface area contributed by atoms with Gasteiger partial charge in [0.15, 0.2) is 23.1 Å². The maximum Gasteiger partial charge on any atom is 0.246 e. The fourth-order valence-electron chi connectivity index (χ4n) is 8.22. The summed E-state index contributed by atoms with van der Waals surface area (Å²) >= 11 is 1.57. The van der Waals surface area contributed by atoms with E-state index in [1.165, 1.54) is 30.3 Å². The lowest BCUT2D eigenvalue weighted by Crippen LogP contribution is -2.57. The first kappa shape index (κ1) is 53.1. The molecule has 7 rings (SSSR count). The maximum atomic E-state index is 15.2. The number of fused-ring (bicyclic) bond motifs is 1. The third kappa shape index (κ3) is 13.2. The van der Waals surface area contributed by atoms with Gasteiger partial charge in [0.25, 0.3) is 0 Å². The lowest BCUT2D eigenvalue weighted by molar-refractivity contribution is -0.144. The van der Waals surface area contributed by atoms with Gasteiger partial charge in [-0.3, -0.25) is 29.0 Å². The molecule has 3 atom stereocenters. The van der Waals surface area contributed by atoms with Crippen LogP contribution in [-0.2, 0) is 40.0 Å². The number of primary amides is 1. The molecule has 384 valence electrons. The first-order chi connectivity index (χ1) is 34.5. The number of hydrogen-bond donors (Lipinski definition) is 5. The number of amides is 5. The van der Waals surface area contributed by atoms with Gasteiger partial charge in [-0.05, 0) is 67.0 Å². The van der Waals surface area contributed by atoms with Crippen molar-refractivity contribution >= 4 is 57.5 Å². The quantitative estimate of drug-likeness (QED) is 0.0342. The molecule has 5 amide bonds. The molecule has 20 heteroatoms. The summed E-state index contributed by atoms with van der Waals surface area (Å²) in [5.74, 6) is -2.13. The molecule has 1 aliphatic carbocycles. The second-order valence-corrected chi connectivity index (χ2v) is 19.8. The van der Waals surface area contributed by atoms with Crippen LogP contribution in [0.3, 0.4) is 0 Å². The number of aliphatic hydroxyl groups is 1. The monoisotopic (exact) mass is 1010 g/mol. The van der Waals surface area contributed by atoms with E-state index in [1.807, 2.05) is 52.0 Å². The van der Waals surface area contributed by atoms with Crippen LogP contribution in [0.4, 0.5) is 10.1 Å². The van der Waals surface area contributed by atoms with Crippen LogP contribution < -0.4 is 35.9 Å². The van der Waals surface area contributed by atoms with Gasteiger partial charge in [0, 0.05) is 81.6 Å². The van der Waals surface area contributed by atoms with Crippen molar-refractivity contribution in [1.29, 1.82) is 0 Å². The van der Waals surface area contributed by atoms with Gasteiger partial charge in [0.1, 0.15) is 23.2 Å². The first-order valence-corrected chi connectivity index (χ1v) is 24.7. The van der Waals surface area contributed by atoms with Gasteiger partial charge in [-0.1, -0.05) is 45.0 Å². The average Bonchev–Trinajstić information content (AvgIpc) is 3.93. The van der Waals surface area contributed by atoms with Crippen molar-refractivity contribution in [3.05, 3.63) is 89.4 Å². The van der Waals surface area contributed by atoms with E-state index in [0.717, 1.165) is 27.8 Å². The van der Waals surface area contributed by atoms with Crippen molar-refractivity contribution in [2.75, 3.05) is 52.0 Å². The molecule has 6 N–H and O–H groups in total. The lowest BCUT2D eigenvalue weighted by atomic mass is 9.85. The summed E-state index contributed by atoms with van der Waals surface area (Å²) in [6.07, 6.45) is 2.61. The molecular weight excluding hydrogens is 950 g/mol. The Kier molecular flexibility index (Phi) is 17.4. The highest BCUT2D eigenvalue weighted by Crippen LogP contribution is 2.46. The number of likely N-dealkylation sites (tertiary alicyclic amines) is 1. The van der Waals surface area contributed by atoms with Gasteiger partial charge in [-0.25, -0.2) is 9.37 Å². The molecule has 1 aliphatic heterocycles. The summed E-state index contributed by atoms with van der Waals surface area (Å²) < 4.78 is 44.1. The van der Waals surface area contributed by atoms with Crippen molar-refractivity contribution in [1.82, 2.24) is 25.5 Å². The second kappa shape index (κ2) is 23.7. The summed E-state index contributed by atoms with van der Waals surface area (Å²) in [5, 5.41) is 19.4. The smallest absolute Gasteiger partial charge is 0.246 e. The number of carbonyl (C=O) groups excluding carboxylic acids is 5. The molecule has 2 aromatic heterocycles. The number of methoxy groups -OCH3 is 1. The fraction of sp³-hybridized carbons (Fsp3) is 0.442. The normalized spacial score (nSPS) is 16.5. The van der Waals surface area contributed by atoms with Crippen LogP contribution >= 0.6 is 11.3 Å². The van der Waals surface area contributed by atoms with E-state index in [2.05, 4.69) is 25.9 Å². The number of carbonyl (C=O) groups is 5. The molecule has 2 fully saturated rings. The summed E-state index contributed by atoms with van der Waals surface area (Å²) in [5.41, 5.74) is 8.80. The van der Waals surface area contributed by atoms with E-state index in [4.69, 9.17) is 29.4 Å². The SMILES string of the molecule is COc1cc2c(Oc3ccc(NC(=O)C4(C(N)=O)CC4)cc3F)ccnc2cc1OCCCOCCCOCCC(=O)N[C@H](C(=O)N1C[C@@H](O)C[C@H]1C(=O)NCc1ccc(-c2scnc2C)cc1)C(C)(C)C. The minimum Gasteiger partial charge on any atom is -0.493 e. The van der Waals surface area contributed by atoms with Gasteiger partial charge in [-0.15, -0.1) is 11.3 Å². The zero-order valence-corrected chi connectivity index (χ0v) is 41.9. The van der Waals surface area contributed by atoms with Crippen LogP contribution in [0.1, 0.15) is 70.6 Å². The van der Waals surface area contributed by atoms with Crippen molar-refractivity contribution in [2.45, 2.75) is 91.0 Å². The van der Waals surface area contributed by atoms with Gasteiger partial charge >= 0.3 is 0 Å². The van der Waals surface area contributed by atoms with Gasteiger partial charge in [0.2, 0.25) is 29.5 Å². The first-order valence-electron chi connectivity index (χ1n) is 23.9. The predicted octanol–water partition coefficient (Wildman–Crippen LogP) is 6.20. The Hall–Kier alpha value is -6.74. The Bertz CT molecular complexity index is 2740. The number of hydrogen-bond acceptors (Lipinski definition) is 14. The maximum absolute atomic E-state index is 15.2. The van der Waals surface area contributed by atoms with Crippen molar-refractivity contribution in [2.24, 2.45) is 16.6 Å². The largest absolute Gasteiger partial charge is 0.493 e. The number of nitrogens with two attached hydrogens (primary N) is 1. The van der Waals surface area contributed by atoms with E-state index in [9.17, 15) is 29.1 Å². The Morgan fingerprint density at radius 1 is 0.917 bits per heavy atom. The zero-order valence-electron chi connectivity index (χ0n) is 41.1. The van der Waals surface area contributed by atoms with E-state index >= 15 is 4.39 Å². The summed E-state index contributed by atoms with van der Waals surface area (Å²) in [6.45, 7) is 9.32. The van der Waals surface area contributed by atoms with Crippen molar-refractivity contribution in [3.63, 3.8) is 0 Å². The third-order valence-corrected chi connectivity index (χ3v) is 13.5. The van der Waals surface area contributed by atoms with Crippen LogP contribution in [0.5, 0.6) is 23.0 Å². The number of nitrogens with zero attached hydrogens (tertiary/aromatic N) is 3. The van der Waals surface area contributed by atoms with Crippen LogP contribution in [0, 0.1) is 23.6 Å². The van der Waals surface area contributed by atoms with Gasteiger partial charge < -0.3 is 55.4 Å². The highest BCUT2D eigenvalue weighted by Gasteiger charge is 2.55. The average molecular weight is 1010 g/mol. The number of aromatic nitrogens is 2. The lowest BCUT2D eigenvalue weighted by Gasteiger charge is -2.35. The number of benzene rings is 3. The number of nitrogens with one attached hydrogen (secondary N) is 3. The minimum absolute atomic E-state index is 0.0184. The summed E-state index contributed by atoms with van der Waals surface area (Å²) in [6, 6.07) is 14.9. The highest BCUT2D eigenvalue weighted by atomic mass is 32.1. The molecular formula is C52H62FN7O11S. The van der Waals surface area contributed by atoms with E-state index in [1.54, 1.807) is 35.0 Å². The van der Waals surface area contributed by atoms with E-state index in [-0.39, 0.29) is 55.8 Å². The Balaban J connectivity index is 0.789. The zero-order chi connectivity index (χ0) is 51.6. The van der Waals surface area contributed by atoms with Gasteiger partial charge in [0.05, 0.1) is 48.0 Å². The molecule has 0 unspecified atom stereocenters. The molecule has 2 aliphatic rings. The Morgan fingerprint density at radius 2 is 1.64 bits per heavy atom. The van der Waals surface area contributed by atoms with Crippen LogP contribution in [0.2, 0.25) is 0 Å². The number of rotatable bonds is 24. The Morgan fingerprint density at radius 3 is 2.29 bits per heavy atom. The number of thiazole rings is 1. The number of halogens is 1. The summed E-state index contributed by atoms with van der Waals surface area (Å²) in [7, 11) is 1.50. The molecule has 3 heterocycles. The Labute approximate surface area is 421 Å². The third-order valence-electron chi connectivity index (χ3n) is 12.5. The summed E-state index contributed by atoms with van der Waals surface area (Å²) in [4.78, 5) is 76.0. The molecule has 5 aromatic rings. The van der Waals surface area contributed by atoms with Crippen LogP contribution in [0.25, 0.3) is 21.3 Å². The molecule has 1 saturated heterocycles. The molecule has 72 heavy (non-hydrogen) atoms. The standard InChI is InChI=1S/C52H62FN7O11S/c1-31-45(72-30-57-31)33-10-8-32(9-11-33)28-56-47(63)39-25-35(61)29-60(39)48(64)46(51(2,3)4)59-44(62)15-23-69-20-6-19-68-21-7-22-70-43-27-38-36(26-42(43)67-5)40(14-18-55-38)71-41-13-12-34(24-37(41)53)58-50(66)52(16-17-52)49(54)65/h8-14,18,24,26-27,30,35,39,46,61H,6-7,15-17,19-23,25,28-29H2,1-5H3,(H2,54,65)(H,56,63)(H,58,66)(H,59,62)/t35-,39-,46+/m0/s1. The topological polar surface area (TPSA) is 243 Å². The number of ether oxygens (including phenoxy) is 5. The molecule has 0 bridgehead atoms. The van der Waals surface area contributed by atoms with Crippen LogP contribution in [-0.4, -0.2) is 114 Å².